The van der Waals surface area contributed by atoms with E-state index in [2.05, 4.69) is 9.62 Å². The molecule has 4 atom stereocenters. The van der Waals surface area contributed by atoms with Crippen LogP contribution in [-0.2, 0) is 47.9 Å². The molecule has 0 amide bonds. The average molecular weight is 426 g/mol. The first-order valence-corrected chi connectivity index (χ1v) is 8.27. The topological polar surface area (TPSA) is 196 Å². The Morgan fingerprint density at radius 3 is 1.37 bits per heavy atom. The normalized spacial score (nSPS) is 25.0. The van der Waals surface area contributed by atoms with Crippen molar-refractivity contribution in [2.45, 2.75) is 25.0 Å². The number of hydrogen-bond donors (Lipinski definition) is 1. The van der Waals surface area contributed by atoms with E-state index in [1.165, 1.54) is 14.0 Å². The van der Waals surface area contributed by atoms with E-state index in [1.807, 2.05) is 0 Å². The first-order chi connectivity index (χ1) is 13.2. The fourth-order valence-electron chi connectivity index (χ4n) is 2.70. The number of ether oxygens (including phenoxy) is 3. The molecule has 12 nitrogen and oxygen atoms in total. The SMILES string of the molecule is COC(=O)[C@]1([C@H](C)C(C=O)C=O)CO1.C[C@H](C(C=O)C=O)[C@@]1(C(=O)OO)CO1.[Li+].[OH-]. The molecule has 2 heterocycles. The summed E-state index contributed by atoms with van der Waals surface area (Å²) < 4.78 is 14.4. The van der Waals surface area contributed by atoms with Crippen molar-refractivity contribution in [1.29, 1.82) is 0 Å². The van der Waals surface area contributed by atoms with Gasteiger partial charge in [0.05, 0.1) is 32.2 Å². The van der Waals surface area contributed by atoms with Crippen molar-refractivity contribution < 1.29 is 77.5 Å². The summed E-state index contributed by atoms with van der Waals surface area (Å²) in [5.74, 6) is -4.38. The van der Waals surface area contributed by atoms with Crippen molar-refractivity contribution in [3.8, 4) is 0 Å². The van der Waals surface area contributed by atoms with Crippen LogP contribution in [0.4, 0.5) is 0 Å². The number of hydrogen-bond acceptors (Lipinski definition) is 12. The molecule has 2 saturated heterocycles. The second-order valence-electron chi connectivity index (χ2n) is 6.50. The molecule has 0 radical (unpaired) electrons. The van der Waals surface area contributed by atoms with Crippen LogP contribution in [-0.4, -0.2) is 79.3 Å². The molecule has 0 unspecified atom stereocenters. The van der Waals surface area contributed by atoms with Gasteiger partial charge in [0.25, 0.3) is 0 Å². The summed E-state index contributed by atoms with van der Waals surface area (Å²) in [5, 5.41) is 8.18. The molecule has 2 fully saturated rings. The molecule has 0 aromatic rings. The summed E-state index contributed by atoms with van der Waals surface area (Å²) in [6.45, 7) is 3.39. The van der Waals surface area contributed by atoms with E-state index in [0.717, 1.165) is 0 Å². The third kappa shape index (κ3) is 6.04. The van der Waals surface area contributed by atoms with Gasteiger partial charge < -0.3 is 38.9 Å². The molecule has 0 saturated carbocycles. The number of esters is 1. The predicted molar refractivity (Wildman–Crippen MR) is 89.6 cm³/mol. The average Bonchev–Trinajstić information content (AvgIpc) is 3.63. The van der Waals surface area contributed by atoms with Gasteiger partial charge in [0.2, 0.25) is 0 Å². The summed E-state index contributed by atoms with van der Waals surface area (Å²) in [7, 11) is 1.25. The number of carbonyl (C=O) groups is 6. The Morgan fingerprint density at radius 2 is 1.17 bits per heavy atom. The molecule has 2 aliphatic heterocycles. The van der Waals surface area contributed by atoms with Crippen LogP contribution < -0.4 is 18.9 Å². The quantitative estimate of drug-likeness (QED) is 0.0674. The van der Waals surface area contributed by atoms with Gasteiger partial charge in [-0.1, -0.05) is 13.8 Å². The van der Waals surface area contributed by atoms with Crippen molar-refractivity contribution in [2.75, 3.05) is 20.3 Å². The molecule has 0 bridgehead atoms. The van der Waals surface area contributed by atoms with Crippen LogP contribution in [0.25, 0.3) is 0 Å². The summed E-state index contributed by atoms with van der Waals surface area (Å²) >= 11 is 0. The maximum absolute atomic E-state index is 11.3. The molecule has 0 aliphatic carbocycles. The van der Waals surface area contributed by atoms with E-state index in [-0.39, 0.29) is 37.6 Å². The fraction of sp³-hybridized carbons (Fsp3) is 0.647. The van der Waals surface area contributed by atoms with Crippen LogP contribution in [0.1, 0.15) is 13.8 Å². The minimum Gasteiger partial charge on any atom is -0.870 e. The van der Waals surface area contributed by atoms with Gasteiger partial charge in [0, 0.05) is 11.8 Å². The summed E-state index contributed by atoms with van der Waals surface area (Å²) in [5.41, 5.74) is -2.41. The molecule has 0 aromatic carbocycles. The second-order valence-corrected chi connectivity index (χ2v) is 6.50. The van der Waals surface area contributed by atoms with E-state index in [1.54, 1.807) is 6.92 Å². The van der Waals surface area contributed by atoms with Gasteiger partial charge in [-0.15, -0.1) is 0 Å². The maximum atomic E-state index is 11.3. The summed E-state index contributed by atoms with van der Waals surface area (Å²) in [6, 6.07) is 0. The summed E-state index contributed by atoms with van der Waals surface area (Å²) in [6.07, 6.45) is 1.91. The van der Waals surface area contributed by atoms with Crippen LogP contribution >= 0.6 is 0 Å². The van der Waals surface area contributed by atoms with Crippen LogP contribution in [0, 0.1) is 23.7 Å². The van der Waals surface area contributed by atoms with Gasteiger partial charge in [0.1, 0.15) is 25.1 Å². The first-order valence-electron chi connectivity index (χ1n) is 8.27. The van der Waals surface area contributed by atoms with Crippen LogP contribution in [0.5, 0.6) is 0 Å². The smallest absolute Gasteiger partial charge is 0.870 e. The molecule has 164 valence electrons. The zero-order valence-electron chi connectivity index (χ0n) is 17.0. The number of aldehydes is 4. The van der Waals surface area contributed by atoms with Gasteiger partial charge in [-0.2, -0.15) is 5.26 Å². The number of methoxy groups -OCH3 is 1. The minimum absolute atomic E-state index is 0. The molecule has 2 aliphatic rings. The Hall–Kier alpha value is -1.94. The first kappa shape index (κ1) is 30.3. The third-order valence-electron chi connectivity index (χ3n) is 5.12. The van der Waals surface area contributed by atoms with E-state index < -0.39 is 46.8 Å². The van der Waals surface area contributed by atoms with Crippen LogP contribution in [0.2, 0.25) is 0 Å². The predicted octanol–water partition coefficient (Wildman–Crippen LogP) is -4.17. The van der Waals surface area contributed by atoms with Gasteiger partial charge >= 0.3 is 30.8 Å². The molecular weight excluding hydrogens is 403 g/mol. The Labute approximate surface area is 183 Å². The largest absolute Gasteiger partial charge is 1.00 e. The Bertz CT molecular complexity index is 558. The minimum atomic E-state index is -1.33. The van der Waals surface area contributed by atoms with Crippen molar-refractivity contribution in [3.63, 3.8) is 0 Å². The number of epoxide rings is 2. The van der Waals surface area contributed by atoms with Crippen molar-refractivity contribution in [1.82, 2.24) is 0 Å². The molecule has 13 heteroatoms. The van der Waals surface area contributed by atoms with E-state index >= 15 is 0 Å². The number of carbonyl (C=O) groups excluding carboxylic acids is 6. The Morgan fingerprint density at radius 1 is 0.867 bits per heavy atom. The fourth-order valence-corrected chi connectivity index (χ4v) is 2.70. The van der Waals surface area contributed by atoms with Crippen molar-refractivity contribution >= 4 is 37.1 Å². The Kier molecular flexibility index (Phi) is 12.8. The molecule has 2 rings (SSSR count). The Balaban J connectivity index is 0. The third-order valence-corrected chi connectivity index (χ3v) is 5.12. The molecule has 30 heavy (non-hydrogen) atoms. The van der Waals surface area contributed by atoms with Gasteiger partial charge in [-0.05, 0) is 0 Å². The second kappa shape index (κ2) is 12.7. The molecule has 0 aromatic heterocycles. The van der Waals surface area contributed by atoms with E-state index in [0.29, 0.717) is 25.1 Å². The molecular formula is C17H23LiO12. The standard InChI is InChI=1S/C9H12O5.C8H10O6.Li.H2O/c1-6(7(3-10)4-11)9(5-14-9)8(12)13-2;1-5(6(2-9)3-10)8(4-13-8)7(11)14-12;;/h3-4,6-7H,5H2,1-2H3;2-3,5-6,12H,4H2,1H3;;1H2/q;;+1;/p-1/t6-,9-;5-,8-;;/m11../s1. The molecule has 2 N–H and O–H groups in total. The van der Waals surface area contributed by atoms with Gasteiger partial charge in [-0.3, -0.25) is 4.89 Å². The zero-order chi connectivity index (χ0) is 21.5. The summed E-state index contributed by atoms with van der Waals surface area (Å²) in [4.78, 5) is 67.9. The molecule has 0 spiro atoms. The zero-order valence-corrected chi connectivity index (χ0v) is 17.0. The monoisotopic (exact) mass is 426 g/mol. The van der Waals surface area contributed by atoms with Gasteiger partial charge in [0.15, 0.2) is 11.2 Å². The van der Waals surface area contributed by atoms with Crippen molar-refractivity contribution in [2.24, 2.45) is 23.7 Å². The van der Waals surface area contributed by atoms with E-state index in [4.69, 9.17) is 14.7 Å². The van der Waals surface area contributed by atoms with E-state index in [9.17, 15) is 28.8 Å². The van der Waals surface area contributed by atoms with Crippen molar-refractivity contribution in [3.05, 3.63) is 0 Å². The van der Waals surface area contributed by atoms with Gasteiger partial charge in [-0.25, -0.2) is 9.59 Å². The number of rotatable bonds is 10. The van der Waals surface area contributed by atoms with Crippen LogP contribution in [0.15, 0.2) is 0 Å². The van der Waals surface area contributed by atoms with Crippen LogP contribution in [0.3, 0.4) is 0 Å². The maximum Gasteiger partial charge on any atom is 1.00 e.